The SMILES string of the molecule is Nc1cccc(-c2nc3c(s2)COc2ccccc2-3)c1. The molecular weight excluding hydrogens is 268 g/mol. The monoisotopic (exact) mass is 280 g/mol. The molecule has 0 radical (unpaired) electrons. The molecule has 3 nitrogen and oxygen atoms in total. The van der Waals surface area contributed by atoms with Crippen LogP contribution in [0, 0.1) is 0 Å². The number of benzene rings is 2. The van der Waals surface area contributed by atoms with E-state index < -0.39 is 0 Å². The summed E-state index contributed by atoms with van der Waals surface area (Å²) in [6.45, 7) is 0.590. The van der Waals surface area contributed by atoms with Gasteiger partial charge in [0.15, 0.2) is 0 Å². The van der Waals surface area contributed by atoms with Crippen molar-refractivity contribution in [2.24, 2.45) is 0 Å². The van der Waals surface area contributed by atoms with Gasteiger partial charge >= 0.3 is 0 Å². The summed E-state index contributed by atoms with van der Waals surface area (Å²) >= 11 is 1.67. The lowest BCUT2D eigenvalue weighted by Gasteiger charge is -2.15. The first-order chi connectivity index (χ1) is 9.81. The molecule has 3 aromatic rings. The standard InChI is InChI=1S/C16H12N2OS/c17-11-5-3-4-10(8-11)16-18-15-12-6-1-2-7-13(12)19-9-14(15)20-16/h1-8H,9,17H2. The second-order valence-electron chi connectivity index (χ2n) is 4.70. The lowest BCUT2D eigenvalue weighted by Crippen LogP contribution is -2.02. The summed E-state index contributed by atoms with van der Waals surface area (Å²) in [5.74, 6) is 0.907. The number of para-hydroxylation sites is 1. The van der Waals surface area contributed by atoms with Crippen molar-refractivity contribution >= 4 is 17.0 Å². The lowest BCUT2D eigenvalue weighted by molar-refractivity contribution is 0.305. The van der Waals surface area contributed by atoms with Crippen LogP contribution < -0.4 is 10.5 Å². The zero-order chi connectivity index (χ0) is 13.5. The molecule has 98 valence electrons. The molecule has 1 aliphatic heterocycles. The molecule has 0 aliphatic carbocycles. The van der Waals surface area contributed by atoms with Crippen LogP contribution in [0.15, 0.2) is 48.5 Å². The number of hydrogen-bond donors (Lipinski definition) is 1. The summed E-state index contributed by atoms with van der Waals surface area (Å²) in [6.07, 6.45) is 0. The van der Waals surface area contributed by atoms with E-state index in [2.05, 4.69) is 6.07 Å². The van der Waals surface area contributed by atoms with Crippen molar-refractivity contribution < 1.29 is 4.74 Å². The van der Waals surface area contributed by atoms with Gasteiger partial charge < -0.3 is 10.5 Å². The first-order valence-electron chi connectivity index (χ1n) is 6.39. The lowest BCUT2D eigenvalue weighted by atomic mass is 10.1. The molecule has 0 unspecified atom stereocenters. The van der Waals surface area contributed by atoms with Crippen LogP contribution in [0.25, 0.3) is 21.8 Å². The molecule has 1 aromatic heterocycles. The molecule has 0 fully saturated rings. The van der Waals surface area contributed by atoms with E-state index in [0.29, 0.717) is 6.61 Å². The second-order valence-corrected chi connectivity index (χ2v) is 5.78. The molecule has 2 N–H and O–H groups in total. The van der Waals surface area contributed by atoms with E-state index in [9.17, 15) is 0 Å². The van der Waals surface area contributed by atoms with Gasteiger partial charge in [0.25, 0.3) is 0 Å². The van der Waals surface area contributed by atoms with Gasteiger partial charge in [-0.25, -0.2) is 4.98 Å². The third-order valence-corrected chi connectivity index (χ3v) is 4.41. The minimum atomic E-state index is 0.590. The third-order valence-electron chi connectivity index (χ3n) is 3.33. The summed E-state index contributed by atoms with van der Waals surface area (Å²) < 4.78 is 5.77. The molecule has 1 aliphatic rings. The Morgan fingerprint density at radius 1 is 1.10 bits per heavy atom. The van der Waals surface area contributed by atoms with Crippen molar-refractivity contribution in [3.05, 3.63) is 53.4 Å². The molecule has 2 heterocycles. The molecule has 0 atom stereocenters. The first kappa shape index (κ1) is 11.5. The molecule has 2 aromatic carbocycles. The van der Waals surface area contributed by atoms with E-state index in [0.717, 1.165) is 33.3 Å². The predicted octanol–water partition coefficient (Wildman–Crippen LogP) is 3.95. The van der Waals surface area contributed by atoms with Crippen molar-refractivity contribution in [2.45, 2.75) is 6.61 Å². The maximum Gasteiger partial charge on any atom is 0.129 e. The number of aromatic nitrogens is 1. The van der Waals surface area contributed by atoms with Gasteiger partial charge in [-0.15, -0.1) is 11.3 Å². The van der Waals surface area contributed by atoms with Gasteiger partial charge in [0.05, 0.1) is 10.6 Å². The Balaban J connectivity index is 1.86. The molecule has 0 saturated heterocycles. The molecule has 20 heavy (non-hydrogen) atoms. The van der Waals surface area contributed by atoms with E-state index in [-0.39, 0.29) is 0 Å². The Morgan fingerprint density at radius 2 is 2.00 bits per heavy atom. The quantitative estimate of drug-likeness (QED) is 0.686. The maximum atomic E-state index is 5.85. The van der Waals surface area contributed by atoms with Crippen molar-refractivity contribution in [1.82, 2.24) is 4.98 Å². The number of nitrogens with zero attached hydrogens (tertiary/aromatic N) is 1. The highest BCUT2D eigenvalue weighted by atomic mass is 32.1. The number of thiazole rings is 1. The number of ether oxygens (including phenoxy) is 1. The average molecular weight is 280 g/mol. The molecule has 0 saturated carbocycles. The highest BCUT2D eigenvalue weighted by Gasteiger charge is 2.22. The van der Waals surface area contributed by atoms with Gasteiger partial charge in [0, 0.05) is 16.8 Å². The van der Waals surface area contributed by atoms with Gasteiger partial charge in [0.1, 0.15) is 17.4 Å². The van der Waals surface area contributed by atoms with Gasteiger partial charge in [0.2, 0.25) is 0 Å². The fraction of sp³-hybridized carbons (Fsp3) is 0.0625. The van der Waals surface area contributed by atoms with Gasteiger partial charge in [-0.2, -0.15) is 0 Å². The molecule has 4 rings (SSSR count). The Labute approximate surface area is 120 Å². The van der Waals surface area contributed by atoms with E-state index in [4.69, 9.17) is 15.5 Å². The molecule has 0 amide bonds. The highest BCUT2D eigenvalue weighted by Crippen LogP contribution is 2.41. The largest absolute Gasteiger partial charge is 0.487 e. The Bertz CT molecular complexity index is 795. The van der Waals surface area contributed by atoms with Gasteiger partial charge in [-0.05, 0) is 24.3 Å². The molecule has 4 heteroatoms. The Hall–Kier alpha value is -2.33. The maximum absolute atomic E-state index is 5.85. The number of anilines is 1. The van der Waals surface area contributed by atoms with Crippen molar-refractivity contribution in [3.63, 3.8) is 0 Å². The van der Waals surface area contributed by atoms with Crippen LogP contribution in [0.1, 0.15) is 4.88 Å². The van der Waals surface area contributed by atoms with Gasteiger partial charge in [-0.1, -0.05) is 24.3 Å². The summed E-state index contributed by atoms with van der Waals surface area (Å²) in [5.41, 5.74) is 9.77. The van der Waals surface area contributed by atoms with Crippen LogP contribution >= 0.6 is 11.3 Å². The van der Waals surface area contributed by atoms with E-state index >= 15 is 0 Å². The van der Waals surface area contributed by atoms with E-state index in [1.165, 1.54) is 4.88 Å². The molecule has 0 bridgehead atoms. The van der Waals surface area contributed by atoms with Crippen LogP contribution in [0.3, 0.4) is 0 Å². The fourth-order valence-corrected chi connectivity index (χ4v) is 3.37. The third kappa shape index (κ3) is 1.77. The van der Waals surface area contributed by atoms with Gasteiger partial charge in [-0.3, -0.25) is 0 Å². The van der Waals surface area contributed by atoms with E-state index in [1.807, 2.05) is 42.5 Å². The Kier molecular flexibility index (Phi) is 2.50. The van der Waals surface area contributed by atoms with Crippen molar-refractivity contribution in [1.29, 1.82) is 0 Å². The minimum absolute atomic E-state index is 0.590. The number of nitrogen functional groups attached to an aromatic ring is 1. The number of rotatable bonds is 1. The van der Waals surface area contributed by atoms with Crippen molar-refractivity contribution in [3.8, 4) is 27.6 Å². The number of hydrogen-bond acceptors (Lipinski definition) is 4. The summed E-state index contributed by atoms with van der Waals surface area (Å²) in [5, 5.41) is 0.989. The minimum Gasteiger partial charge on any atom is -0.487 e. The summed E-state index contributed by atoms with van der Waals surface area (Å²) in [6, 6.07) is 15.9. The Morgan fingerprint density at radius 3 is 2.90 bits per heavy atom. The smallest absolute Gasteiger partial charge is 0.129 e. The summed E-state index contributed by atoms with van der Waals surface area (Å²) in [7, 11) is 0. The average Bonchev–Trinajstić information content (AvgIpc) is 2.92. The van der Waals surface area contributed by atoms with Crippen LogP contribution in [-0.4, -0.2) is 4.98 Å². The number of fused-ring (bicyclic) bond motifs is 3. The topological polar surface area (TPSA) is 48.1 Å². The summed E-state index contributed by atoms with van der Waals surface area (Å²) in [4.78, 5) is 5.95. The van der Waals surface area contributed by atoms with Crippen LogP contribution in [0.2, 0.25) is 0 Å². The zero-order valence-corrected chi connectivity index (χ0v) is 11.5. The van der Waals surface area contributed by atoms with Crippen molar-refractivity contribution in [2.75, 3.05) is 5.73 Å². The van der Waals surface area contributed by atoms with E-state index in [1.54, 1.807) is 11.3 Å². The fourth-order valence-electron chi connectivity index (χ4n) is 2.39. The normalized spacial score (nSPS) is 12.4. The van der Waals surface area contributed by atoms with Crippen LogP contribution in [0.4, 0.5) is 5.69 Å². The zero-order valence-electron chi connectivity index (χ0n) is 10.7. The van der Waals surface area contributed by atoms with Crippen LogP contribution in [0.5, 0.6) is 5.75 Å². The second kappa shape index (κ2) is 4.35. The molecule has 0 spiro atoms. The predicted molar refractivity (Wildman–Crippen MR) is 81.7 cm³/mol. The number of nitrogens with two attached hydrogens (primary N) is 1. The van der Waals surface area contributed by atoms with Crippen LogP contribution in [-0.2, 0) is 6.61 Å². The first-order valence-corrected chi connectivity index (χ1v) is 7.21. The highest BCUT2D eigenvalue weighted by molar-refractivity contribution is 7.15. The molecular formula is C16H12N2OS.